The zero-order valence-electron chi connectivity index (χ0n) is 15.0. The van der Waals surface area contributed by atoms with Crippen LogP contribution < -0.4 is 4.72 Å². The summed E-state index contributed by atoms with van der Waals surface area (Å²) < 4.78 is 29.6. The Morgan fingerprint density at radius 3 is 2.68 bits per heavy atom. The average Bonchev–Trinajstić information content (AvgIpc) is 3.16. The van der Waals surface area contributed by atoms with Gasteiger partial charge in [0.1, 0.15) is 5.01 Å². The van der Waals surface area contributed by atoms with Gasteiger partial charge in [-0.1, -0.05) is 65.4 Å². The summed E-state index contributed by atoms with van der Waals surface area (Å²) in [5.41, 5.74) is 2.98. The molecule has 0 amide bonds. The maximum atomic E-state index is 12.6. The fraction of sp³-hybridized carbons (Fsp3) is 0.158. The standard InChI is InChI=1S/C19H17ClN4O2S2/c1-13-23-24-17(18(22-19(24)27-13)15-7-3-2-4-8-15)11-21-28(25,26)12-14-6-5-9-16(20)10-14/h2-10,21H,11-12H2,1H3. The van der Waals surface area contributed by atoms with E-state index in [1.165, 1.54) is 11.3 Å². The van der Waals surface area contributed by atoms with E-state index in [9.17, 15) is 8.42 Å². The molecule has 0 unspecified atom stereocenters. The molecule has 1 N–H and O–H groups in total. The molecule has 0 aliphatic heterocycles. The number of aryl methyl sites for hydroxylation is 1. The maximum absolute atomic E-state index is 12.6. The summed E-state index contributed by atoms with van der Waals surface area (Å²) in [4.78, 5) is 5.40. The van der Waals surface area contributed by atoms with Gasteiger partial charge in [0, 0.05) is 10.6 Å². The molecule has 0 fully saturated rings. The molecule has 144 valence electrons. The van der Waals surface area contributed by atoms with Crippen LogP contribution in [-0.2, 0) is 22.3 Å². The second-order valence-electron chi connectivity index (χ2n) is 6.30. The van der Waals surface area contributed by atoms with Crippen molar-refractivity contribution in [1.82, 2.24) is 19.3 Å². The van der Waals surface area contributed by atoms with Gasteiger partial charge < -0.3 is 0 Å². The first-order valence-electron chi connectivity index (χ1n) is 8.53. The van der Waals surface area contributed by atoms with Crippen LogP contribution in [0.5, 0.6) is 0 Å². The summed E-state index contributed by atoms with van der Waals surface area (Å²) in [5.74, 6) is -0.147. The van der Waals surface area contributed by atoms with Gasteiger partial charge >= 0.3 is 0 Å². The molecule has 0 saturated carbocycles. The molecule has 2 heterocycles. The van der Waals surface area contributed by atoms with Crippen molar-refractivity contribution in [3.05, 3.63) is 75.9 Å². The lowest BCUT2D eigenvalue weighted by atomic mass is 10.1. The molecule has 0 spiro atoms. The lowest BCUT2D eigenvalue weighted by molar-refractivity contribution is 0.579. The molecule has 6 nitrogen and oxygen atoms in total. The number of sulfonamides is 1. The third kappa shape index (κ3) is 4.10. The number of nitrogens with one attached hydrogen (secondary N) is 1. The fourth-order valence-electron chi connectivity index (χ4n) is 2.95. The highest BCUT2D eigenvalue weighted by molar-refractivity contribution is 7.88. The molecule has 2 aromatic heterocycles. The van der Waals surface area contributed by atoms with Gasteiger partial charge in [0.2, 0.25) is 15.0 Å². The summed E-state index contributed by atoms with van der Waals surface area (Å²) in [6.07, 6.45) is 0. The van der Waals surface area contributed by atoms with Crippen LogP contribution in [0.15, 0.2) is 54.6 Å². The van der Waals surface area contributed by atoms with Gasteiger partial charge in [-0.3, -0.25) is 0 Å². The Hall–Kier alpha value is -2.26. The van der Waals surface area contributed by atoms with Crippen LogP contribution in [-0.4, -0.2) is 23.0 Å². The fourth-order valence-corrected chi connectivity index (χ4v) is 5.00. The van der Waals surface area contributed by atoms with E-state index in [1.54, 1.807) is 28.8 Å². The summed E-state index contributed by atoms with van der Waals surface area (Å²) >= 11 is 7.42. The first kappa shape index (κ1) is 19.1. The number of rotatable bonds is 6. The molecule has 0 saturated heterocycles. The number of hydrogen-bond donors (Lipinski definition) is 1. The summed E-state index contributed by atoms with van der Waals surface area (Å²) in [6, 6.07) is 16.5. The number of nitrogens with zero attached hydrogens (tertiary/aromatic N) is 3. The number of aromatic nitrogens is 3. The molecule has 2 aromatic carbocycles. The zero-order valence-corrected chi connectivity index (χ0v) is 17.4. The molecule has 0 aliphatic carbocycles. The Balaban J connectivity index is 1.63. The van der Waals surface area contributed by atoms with Crippen LogP contribution in [0.2, 0.25) is 5.02 Å². The Labute approximate surface area is 171 Å². The number of fused-ring (bicyclic) bond motifs is 1. The number of halogens is 1. The van der Waals surface area contributed by atoms with Crippen molar-refractivity contribution >= 4 is 37.9 Å². The molecule has 0 aliphatic rings. The second kappa shape index (κ2) is 7.63. The van der Waals surface area contributed by atoms with E-state index < -0.39 is 10.0 Å². The van der Waals surface area contributed by atoms with E-state index >= 15 is 0 Å². The van der Waals surface area contributed by atoms with Gasteiger partial charge in [0.25, 0.3) is 0 Å². The Kier molecular flexibility index (Phi) is 5.20. The lowest BCUT2D eigenvalue weighted by Crippen LogP contribution is -2.25. The highest BCUT2D eigenvalue weighted by Crippen LogP contribution is 2.27. The first-order chi connectivity index (χ1) is 13.4. The molecule has 0 radical (unpaired) electrons. The quantitative estimate of drug-likeness (QED) is 0.499. The first-order valence-corrected chi connectivity index (χ1v) is 11.4. The largest absolute Gasteiger partial charge is 0.217 e. The van der Waals surface area contributed by atoms with Gasteiger partial charge in [0.05, 0.1) is 23.7 Å². The molecular formula is C19H17ClN4O2S2. The highest BCUT2D eigenvalue weighted by atomic mass is 35.5. The minimum Gasteiger partial charge on any atom is -0.217 e. The van der Waals surface area contributed by atoms with Crippen LogP contribution in [0.3, 0.4) is 0 Å². The molecule has 0 bridgehead atoms. The topological polar surface area (TPSA) is 76.4 Å². The molecule has 4 rings (SSSR count). The van der Waals surface area contributed by atoms with Gasteiger partial charge in [0.15, 0.2) is 0 Å². The van der Waals surface area contributed by atoms with Crippen LogP contribution >= 0.6 is 22.9 Å². The highest BCUT2D eigenvalue weighted by Gasteiger charge is 2.20. The minimum absolute atomic E-state index is 0.0947. The van der Waals surface area contributed by atoms with Crippen molar-refractivity contribution in [2.24, 2.45) is 0 Å². The normalized spacial score (nSPS) is 11.9. The summed E-state index contributed by atoms with van der Waals surface area (Å²) in [7, 11) is -3.56. The minimum atomic E-state index is -3.56. The molecule has 4 aromatic rings. The van der Waals surface area contributed by atoms with Crippen LogP contribution in [0.25, 0.3) is 16.2 Å². The van der Waals surface area contributed by atoms with E-state index in [-0.39, 0.29) is 12.3 Å². The number of benzene rings is 2. The van der Waals surface area contributed by atoms with E-state index in [4.69, 9.17) is 11.6 Å². The van der Waals surface area contributed by atoms with E-state index in [0.29, 0.717) is 16.3 Å². The van der Waals surface area contributed by atoms with Crippen molar-refractivity contribution in [3.63, 3.8) is 0 Å². The lowest BCUT2D eigenvalue weighted by Gasteiger charge is -2.08. The van der Waals surface area contributed by atoms with Crippen LogP contribution in [0.4, 0.5) is 0 Å². The predicted molar refractivity (Wildman–Crippen MR) is 112 cm³/mol. The second-order valence-corrected chi connectivity index (χ2v) is 9.70. The van der Waals surface area contributed by atoms with Crippen molar-refractivity contribution in [3.8, 4) is 11.3 Å². The van der Waals surface area contributed by atoms with Crippen molar-refractivity contribution in [2.45, 2.75) is 19.2 Å². The Morgan fingerprint density at radius 2 is 1.93 bits per heavy atom. The van der Waals surface area contributed by atoms with Crippen molar-refractivity contribution < 1.29 is 8.42 Å². The molecular weight excluding hydrogens is 416 g/mol. The average molecular weight is 433 g/mol. The smallest absolute Gasteiger partial charge is 0.216 e. The Morgan fingerprint density at radius 1 is 1.14 bits per heavy atom. The summed E-state index contributed by atoms with van der Waals surface area (Å²) in [5, 5.41) is 5.85. The van der Waals surface area contributed by atoms with E-state index in [0.717, 1.165) is 21.2 Å². The Bertz CT molecular complexity index is 1230. The van der Waals surface area contributed by atoms with Gasteiger partial charge in [-0.25, -0.2) is 22.6 Å². The maximum Gasteiger partial charge on any atom is 0.216 e. The molecule has 28 heavy (non-hydrogen) atoms. The van der Waals surface area contributed by atoms with Crippen molar-refractivity contribution in [2.75, 3.05) is 0 Å². The predicted octanol–water partition coefficient (Wildman–Crippen LogP) is 4.04. The third-order valence-electron chi connectivity index (χ3n) is 4.15. The number of hydrogen-bond acceptors (Lipinski definition) is 5. The monoisotopic (exact) mass is 432 g/mol. The summed E-state index contributed by atoms with van der Waals surface area (Å²) in [6.45, 7) is 1.99. The third-order valence-corrected chi connectivity index (χ3v) is 6.51. The van der Waals surface area contributed by atoms with Gasteiger partial charge in [-0.15, -0.1) is 0 Å². The van der Waals surface area contributed by atoms with E-state index in [1.807, 2.05) is 37.3 Å². The number of imidazole rings is 1. The van der Waals surface area contributed by atoms with Gasteiger partial charge in [-0.2, -0.15) is 5.10 Å². The molecule has 0 atom stereocenters. The van der Waals surface area contributed by atoms with E-state index in [2.05, 4.69) is 14.8 Å². The molecule has 9 heteroatoms. The zero-order chi connectivity index (χ0) is 19.7. The van der Waals surface area contributed by atoms with Crippen molar-refractivity contribution in [1.29, 1.82) is 0 Å². The SMILES string of the molecule is Cc1nn2c(CNS(=O)(=O)Cc3cccc(Cl)c3)c(-c3ccccc3)nc2s1. The van der Waals surface area contributed by atoms with Crippen LogP contribution in [0, 0.1) is 6.92 Å². The van der Waals surface area contributed by atoms with Crippen LogP contribution in [0.1, 0.15) is 16.3 Å². The van der Waals surface area contributed by atoms with Gasteiger partial charge in [-0.05, 0) is 24.6 Å².